The van der Waals surface area contributed by atoms with Crippen molar-refractivity contribution in [3.8, 4) is 16.9 Å². The van der Waals surface area contributed by atoms with Crippen molar-refractivity contribution in [3.63, 3.8) is 0 Å². The van der Waals surface area contributed by atoms with Crippen molar-refractivity contribution in [1.29, 1.82) is 0 Å². The fourth-order valence-corrected chi connectivity index (χ4v) is 2.18. The van der Waals surface area contributed by atoms with Crippen LogP contribution < -0.4 is 10.1 Å². The number of benzene rings is 2. The van der Waals surface area contributed by atoms with E-state index in [0.717, 1.165) is 16.8 Å². The van der Waals surface area contributed by atoms with E-state index in [1.807, 2.05) is 36.4 Å². The highest BCUT2D eigenvalue weighted by atomic mass is 19.1. The van der Waals surface area contributed by atoms with E-state index in [4.69, 9.17) is 9.37 Å². The molecule has 0 fully saturated rings. The summed E-state index contributed by atoms with van der Waals surface area (Å²) >= 11 is 0. The average Bonchev–Trinajstić information content (AvgIpc) is 3.00. The van der Waals surface area contributed by atoms with Gasteiger partial charge >= 0.3 is 0 Å². The van der Waals surface area contributed by atoms with Crippen molar-refractivity contribution in [2.45, 2.75) is 0 Å². The first kappa shape index (κ1) is 13.4. The van der Waals surface area contributed by atoms with Crippen molar-refractivity contribution in [3.05, 3.63) is 36.4 Å². The van der Waals surface area contributed by atoms with Gasteiger partial charge in [-0.1, -0.05) is 6.07 Å². The van der Waals surface area contributed by atoms with E-state index in [0.29, 0.717) is 16.8 Å². The number of ether oxygens (including phenoxy) is 1. The fourth-order valence-electron chi connectivity index (χ4n) is 2.18. The van der Waals surface area contributed by atoms with Gasteiger partial charge in [0.15, 0.2) is 0 Å². The number of nitrogens with zero attached hydrogens (tertiary/aromatic N) is 2. The van der Waals surface area contributed by atoms with Gasteiger partial charge in [-0.25, -0.2) is 9.02 Å². The largest absolute Gasteiger partial charge is 0.496 e. The van der Waals surface area contributed by atoms with Crippen LogP contribution in [0.25, 0.3) is 22.2 Å². The van der Waals surface area contributed by atoms with Gasteiger partial charge in [0.25, 0.3) is 0 Å². The molecular weight excluding hydrogens is 273 g/mol. The smallest absolute Gasteiger partial charge is 0.135 e. The van der Waals surface area contributed by atoms with Crippen LogP contribution in [0.15, 0.2) is 41.0 Å². The minimum absolute atomic E-state index is 0.277. The van der Waals surface area contributed by atoms with Gasteiger partial charge in [-0.05, 0) is 40.1 Å². The Balaban J connectivity index is 2.00. The molecular formula is C15H14FN3O2. The summed E-state index contributed by atoms with van der Waals surface area (Å²) < 4.78 is 22.3. The summed E-state index contributed by atoms with van der Waals surface area (Å²) in [4.78, 5) is 0. The van der Waals surface area contributed by atoms with Crippen LogP contribution in [0.3, 0.4) is 0 Å². The van der Waals surface area contributed by atoms with Gasteiger partial charge in [0, 0.05) is 23.9 Å². The SMILES string of the molecule is COc1cc(NCCF)ccc1-c1ccc2nonc2c1. The fraction of sp³-hybridized carbons (Fsp3) is 0.200. The van der Waals surface area contributed by atoms with Gasteiger partial charge < -0.3 is 10.1 Å². The predicted molar refractivity (Wildman–Crippen MR) is 78.3 cm³/mol. The molecule has 0 amide bonds. The Labute approximate surface area is 120 Å². The van der Waals surface area contributed by atoms with Gasteiger partial charge in [0.2, 0.25) is 0 Å². The van der Waals surface area contributed by atoms with Crippen molar-refractivity contribution < 1.29 is 13.8 Å². The van der Waals surface area contributed by atoms with Crippen LogP contribution in [-0.2, 0) is 0 Å². The van der Waals surface area contributed by atoms with E-state index in [1.54, 1.807) is 7.11 Å². The number of aromatic nitrogens is 2. The molecule has 0 bridgehead atoms. The Morgan fingerprint density at radius 3 is 2.81 bits per heavy atom. The number of fused-ring (bicyclic) bond motifs is 1. The van der Waals surface area contributed by atoms with Crippen LogP contribution in [0.2, 0.25) is 0 Å². The Hall–Kier alpha value is -2.63. The summed E-state index contributed by atoms with van der Waals surface area (Å²) in [6, 6.07) is 11.3. The maximum atomic E-state index is 12.2. The van der Waals surface area contributed by atoms with Crippen molar-refractivity contribution >= 4 is 16.7 Å². The van der Waals surface area contributed by atoms with Gasteiger partial charge in [0.05, 0.1) is 7.11 Å². The molecule has 1 heterocycles. The highest BCUT2D eigenvalue weighted by Gasteiger charge is 2.09. The van der Waals surface area contributed by atoms with Crippen LogP contribution in [0.4, 0.5) is 10.1 Å². The molecule has 21 heavy (non-hydrogen) atoms. The van der Waals surface area contributed by atoms with E-state index in [2.05, 4.69) is 15.6 Å². The lowest BCUT2D eigenvalue weighted by Crippen LogP contribution is -2.03. The quantitative estimate of drug-likeness (QED) is 0.780. The molecule has 0 saturated heterocycles. The minimum Gasteiger partial charge on any atom is -0.496 e. The third kappa shape index (κ3) is 2.65. The topological polar surface area (TPSA) is 60.2 Å². The standard InChI is InChI=1S/C15H14FN3O2/c1-20-15-9-11(17-7-6-16)3-4-12(15)10-2-5-13-14(8-10)19-21-18-13/h2-5,8-9,17H,6-7H2,1H3. The van der Waals surface area contributed by atoms with Crippen molar-refractivity contribution in [2.24, 2.45) is 0 Å². The molecule has 1 aromatic heterocycles. The van der Waals surface area contributed by atoms with Crippen LogP contribution in [0.5, 0.6) is 5.75 Å². The summed E-state index contributed by atoms with van der Waals surface area (Å²) in [5.74, 6) is 0.703. The van der Waals surface area contributed by atoms with Gasteiger partial charge in [-0.15, -0.1) is 0 Å². The van der Waals surface area contributed by atoms with Gasteiger partial charge in [-0.2, -0.15) is 0 Å². The molecule has 0 radical (unpaired) electrons. The number of halogens is 1. The minimum atomic E-state index is -0.417. The molecule has 108 valence electrons. The Morgan fingerprint density at radius 2 is 2.00 bits per heavy atom. The van der Waals surface area contributed by atoms with Crippen molar-refractivity contribution in [2.75, 3.05) is 25.6 Å². The second kappa shape index (κ2) is 5.78. The number of anilines is 1. The first-order chi connectivity index (χ1) is 10.3. The van der Waals surface area contributed by atoms with E-state index in [9.17, 15) is 4.39 Å². The third-order valence-corrected chi connectivity index (χ3v) is 3.19. The van der Waals surface area contributed by atoms with Crippen LogP contribution >= 0.6 is 0 Å². The molecule has 5 nitrogen and oxygen atoms in total. The molecule has 3 rings (SSSR count). The zero-order valence-electron chi connectivity index (χ0n) is 11.5. The number of rotatable bonds is 5. The molecule has 0 aliphatic carbocycles. The molecule has 0 unspecified atom stereocenters. The number of alkyl halides is 1. The van der Waals surface area contributed by atoms with Gasteiger partial charge in [-0.3, -0.25) is 0 Å². The Bertz CT molecular complexity index is 758. The zero-order valence-corrected chi connectivity index (χ0v) is 11.5. The molecule has 0 aliphatic heterocycles. The van der Waals surface area contributed by atoms with E-state index in [1.165, 1.54) is 0 Å². The first-order valence-electron chi connectivity index (χ1n) is 6.52. The molecule has 1 N–H and O–H groups in total. The molecule has 0 aliphatic rings. The van der Waals surface area contributed by atoms with E-state index in [-0.39, 0.29) is 6.54 Å². The second-order valence-electron chi connectivity index (χ2n) is 4.50. The Morgan fingerprint density at radius 1 is 1.14 bits per heavy atom. The van der Waals surface area contributed by atoms with Crippen LogP contribution in [-0.4, -0.2) is 30.6 Å². The molecule has 0 spiro atoms. The molecule has 0 saturated carbocycles. The second-order valence-corrected chi connectivity index (χ2v) is 4.50. The lowest BCUT2D eigenvalue weighted by Gasteiger charge is -2.11. The zero-order chi connectivity index (χ0) is 14.7. The number of hydrogen-bond donors (Lipinski definition) is 1. The average molecular weight is 287 g/mol. The molecule has 6 heteroatoms. The Kier molecular flexibility index (Phi) is 3.68. The summed E-state index contributed by atoms with van der Waals surface area (Å²) in [6.07, 6.45) is 0. The van der Waals surface area contributed by atoms with E-state index >= 15 is 0 Å². The van der Waals surface area contributed by atoms with Crippen LogP contribution in [0, 0.1) is 0 Å². The molecule has 2 aromatic carbocycles. The predicted octanol–water partition coefficient (Wildman–Crippen LogP) is 3.28. The summed E-state index contributed by atoms with van der Waals surface area (Å²) in [7, 11) is 1.61. The summed E-state index contributed by atoms with van der Waals surface area (Å²) in [5.41, 5.74) is 4.09. The lowest BCUT2D eigenvalue weighted by molar-refractivity contribution is 0.315. The highest BCUT2D eigenvalue weighted by Crippen LogP contribution is 2.33. The maximum absolute atomic E-state index is 12.2. The molecule has 3 aromatic rings. The van der Waals surface area contributed by atoms with Crippen LogP contribution in [0.1, 0.15) is 0 Å². The normalized spacial score (nSPS) is 10.8. The molecule has 0 atom stereocenters. The third-order valence-electron chi connectivity index (χ3n) is 3.19. The summed E-state index contributed by atoms with van der Waals surface area (Å²) in [5, 5.41) is 10.6. The summed E-state index contributed by atoms with van der Waals surface area (Å²) in [6.45, 7) is -0.140. The highest BCUT2D eigenvalue weighted by molar-refractivity contribution is 5.83. The number of nitrogens with one attached hydrogen (secondary N) is 1. The lowest BCUT2D eigenvalue weighted by atomic mass is 10.0. The van der Waals surface area contributed by atoms with Crippen molar-refractivity contribution in [1.82, 2.24) is 10.3 Å². The number of methoxy groups -OCH3 is 1. The van der Waals surface area contributed by atoms with E-state index < -0.39 is 6.67 Å². The first-order valence-corrected chi connectivity index (χ1v) is 6.52. The maximum Gasteiger partial charge on any atom is 0.135 e. The van der Waals surface area contributed by atoms with Gasteiger partial charge in [0.1, 0.15) is 23.5 Å². The number of hydrogen-bond acceptors (Lipinski definition) is 5. The monoisotopic (exact) mass is 287 g/mol.